The number of rotatable bonds is 5. The van der Waals surface area contributed by atoms with E-state index in [0.29, 0.717) is 6.54 Å². The van der Waals surface area contributed by atoms with Crippen molar-refractivity contribution in [2.75, 3.05) is 37.7 Å². The van der Waals surface area contributed by atoms with E-state index in [-0.39, 0.29) is 17.9 Å². The summed E-state index contributed by atoms with van der Waals surface area (Å²) in [5, 5.41) is 9.81. The van der Waals surface area contributed by atoms with Crippen LogP contribution in [0.3, 0.4) is 0 Å². The Kier molecular flexibility index (Phi) is 5.24. The lowest BCUT2D eigenvalue weighted by Gasteiger charge is -2.41. The molecule has 1 aromatic carbocycles. The third-order valence-electron chi connectivity index (χ3n) is 5.45. The molecule has 24 heavy (non-hydrogen) atoms. The molecule has 0 bridgehead atoms. The molecule has 1 amide bonds. The number of carbonyl (C=O) groups is 1. The number of piperidine rings is 1. The highest BCUT2D eigenvalue weighted by Crippen LogP contribution is 2.34. The number of nitrogens with zero attached hydrogens (tertiary/aromatic N) is 2. The van der Waals surface area contributed by atoms with Crippen molar-refractivity contribution >= 4 is 11.6 Å². The number of anilines is 1. The van der Waals surface area contributed by atoms with Crippen LogP contribution in [0.2, 0.25) is 0 Å². The average molecular weight is 328 g/mol. The van der Waals surface area contributed by atoms with E-state index < -0.39 is 0 Å². The highest BCUT2D eigenvalue weighted by Gasteiger charge is 2.35. The Morgan fingerprint density at radius 3 is 2.50 bits per heavy atom. The van der Waals surface area contributed by atoms with Gasteiger partial charge in [-0.3, -0.25) is 4.79 Å². The minimum Gasteiger partial charge on any atom is -0.396 e. The van der Waals surface area contributed by atoms with Gasteiger partial charge < -0.3 is 14.9 Å². The predicted octanol–water partition coefficient (Wildman–Crippen LogP) is 3.08. The lowest BCUT2D eigenvalue weighted by atomic mass is 9.77. The van der Waals surface area contributed by atoms with Crippen LogP contribution >= 0.6 is 0 Å². The van der Waals surface area contributed by atoms with E-state index in [1.165, 1.54) is 18.5 Å². The van der Waals surface area contributed by atoms with E-state index in [1.54, 1.807) is 0 Å². The maximum absolute atomic E-state index is 12.8. The molecule has 3 rings (SSSR count). The number of hydrogen-bond acceptors (Lipinski definition) is 3. The van der Waals surface area contributed by atoms with Crippen LogP contribution in [0.15, 0.2) is 36.9 Å². The van der Waals surface area contributed by atoms with E-state index in [9.17, 15) is 9.90 Å². The maximum Gasteiger partial charge on any atom is 0.253 e. The molecule has 2 heterocycles. The molecule has 0 aromatic heterocycles. The second-order valence-corrected chi connectivity index (χ2v) is 7.22. The van der Waals surface area contributed by atoms with Gasteiger partial charge in [0.1, 0.15) is 0 Å². The van der Waals surface area contributed by atoms with Gasteiger partial charge >= 0.3 is 0 Å². The summed E-state index contributed by atoms with van der Waals surface area (Å²) in [5.74, 6) is 0.0737. The van der Waals surface area contributed by atoms with Gasteiger partial charge in [-0.15, -0.1) is 6.58 Å². The van der Waals surface area contributed by atoms with Crippen LogP contribution < -0.4 is 4.90 Å². The third-order valence-corrected chi connectivity index (χ3v) is 5.45. The van der Waals surface area contributed by atoms with Gasteiger partial charge in [0.2, 0.25) is 0 Å². The zero-order valence-corrected chi connectivity index (χ0v) is 14.4. The van der Waals surface area contributed by atoms with E-state index in [0.717, 1.165) is 44.5 Å². The molecule has 130 valence electrons. The van der Waals surface area contributed by atoms with E-state index in [2.05, 4.69) is 23.6 Å². The van der Waals surface area contributed by atoms with E-state index >= 15 is 0 Å². The Hall–Kier alpha value is -1.81. The first-order valence-corrected chi connectivity index (χ1v) is 9.03. The smallest absolute Gasteiger partial charge is 0.253 e. The fourth-order valence-electron chi connectivity index (χ4n) is 4.02. The Balaban J connectivity index is 1.70. The normalized spacial score (nSPS) is 24.2. The molecular formula is C20H28N2O2. The fourth-order valence-corrected chi connectivity index (χ4v) is 4.02. The number of carbonyl (C=O) groups excluding carboxylic acids is 1. The molecule has 0 spiro atoms. The maximum atomic E-state index is 12.8. The van der Waals surface area contributed by atoms with Crippen molar-refractivity contribution in [2.45, 2.75) is 32.1 Å². The standard InChI is InChI=1S/C20H28N2O2/c1-2-10-20(16-23)11-5-14-22(15-20)19(24)17-6-8-18(9-7-17)21-12-3-4-13-21/h2,6-9,23H,1,3-5,10-16H2/t20-/m0/s1. The largest absolute Gasteiger partial charge is 0.396 e. The molecule has 0 aliphatic carbocycles. The van der Waals surface area contributed by atoms with Crippen LogP contribution in [0, 0.1) is 5.41 Å². The number of hydrogen-bond donors (Lipinski definition) is 1. The van der Waals surface area contributed by atoms with Gasteiger partial charge in [-0.1, -0.05) is 6.08 Å². The van der Waals surface area contributed by atoms with Gasteiger partial charge in [-0.2, -0.15) is 0 Å². The first kappa shape index (κ1) is 17.0. The van der Waals surface area contributed by atoms with Crippen LogP contribution in [-0.2, 0) is 0 Å². The summed E-state index contributed by atoms with van der Waals surface area (Å²) in [7, 11) is 0. The van der Waals surface area contributed by atoms with Gasteiger partial charge in [0.25, 0.3) is 5.91 Å². The summed E-state index contributed by atoms with van der Waals surface area (Å²) in [6.45, 7) is 7.52. The van der Waals surface area contributed by atoms with Crippen LogP contribution in [-0.4, -0.2) is 48.7 Å². The number of benzene rings is 1. The second kappa shape index (κ2) is 7.39. The van der Waals surface area contributed by atoms with E-state index in [4.69, 9.17) is 0 Å². The van der Waals surface area contributed by atoms with Crippen LogP contribution in [0.25, 0.3) is 0 Å². The molecule has 4 heteroatoms. The summed E-state index contributed by atoms with van der Waals surface area (Å²) in [6, 6.07) is 8.01. The fraction of sp³-hybridized carbons (Fsp3) is 0.550. The highest BCUT2D eigenvalue weighted by atomic mass is 16.3. The van der Waals surface area contributed by atoms with Gasteiger partial charge in [0, 0.05) is 42.8 Å². The van der Waals surface area contributed by atoms with Gasteiger partial charge in [-0.05, 0) is 56.4 Å². The Morgan fingerprint density at radius 1 is 1.17 bits per heavy atom. The first-order valence-electron chi connectivity index (χ1n) is 9.03. The van der Waals surface area contributed by atoms with Crippen molar-refractivity contribution in [3.05, 3.63) is 42.5 Å². The number of amides is 1. The van der Waals surface area contributed by atoms with Crippen LogP contribution in [0.4, 0.5) is 5.69 Å². The summed E-state index contributed by atoms with van der Waals surface area (Å²) in [5.41, 5.74) is 1.73. The molecule has 2 fully saturated rings. The molecule has 2 aliphatic heterocycles. The summed E-state index contributed by atoms with van der Waals surface area (Å²) >= 11 is 0. The molecule has 0 radical (unpaired) electrons. The molecule has 0 saturated carbocycles. The summed E-state index contributed by atoms with van der Waals surface area (Å²) in [4.78, 5) is 17.1. The van der Waals surface area contributed by atoms with Gasteiger partial charge in [0.15, 0.2) is 0 Å². The topological polar surface area (TPSA) is 43.8 Å². The Bertz CT molecular complexity index is 578. The number of aliphatic hydroxyl groups excluding tert-OH is 1. The van der Waals surface area contributed by atoms with Crippen molar-refractivity contribution in [1.29, 1.82) is 0 Å². The number of aliphatic hydroxyl groups is 1. The van der Waals surface area contributed by atoms with Crippen LogP contribution in [0.5, 0.6) is 0 Å². The van der Waals surface area contributed by atoms with Crippen molar-refractivity contribution in [3.63, 3.8) is 0 Å². The van der Waals surface area contributed by atoms with Crippen LogP contribution in [0.1, 0.15) is 42.5 Å². The monoisotopic (exact) mass is 328 g/mol. The number of likely N-dealkylation sites (tertiary alicyclic amines) is 1. The second-order valence-electron chi connectivity index (χ2n) is 7.22. The number of allylic oxidation sites excluding steroid dienone is 1. The Morgan fingerprint density at radius 2 is 1.88 bits per heavy atom. The van der Waals surface area contributed by atoms with Crippen molar-refractivity contribution in [2.24, 2.45) is 5.41 Å². The summed E-state index contributed by atoms with van der Waals surface area (Å²) in [6.07, 6.45) is 7.00. The lowest BCUT2D eigenvalue weighted by molar-refractivity contribution is 0.0285. The predicted molar refractivity (Wildman–Crippen MR) is 97.4 cm³/mol. The molecule has 1 N–H and O–H groups in total. The van der Waals surface area contributed by atoms with Gasteiger partial charge in [-0.25, -0.2) is 0 Å². The van der Waals surface area contributed by atoms with E-state index in [1.807, 2.05) is 23.1 Å². The molecule has 0 unspecified atom stereocenters. The average Bonchev–Trinajstić information content (AvgIpc) is 3.16. The molecule has 2 aliphatic rings. The van der Waals surface area contributed by atoms with Gasteiger partial charge in [0.05, 0.1) is 6.61 Å². The molecule has 4 nitrogen and oxygen atoms in total. The molecule has 2 saturated heterocycles. The first-order chi connectivity index (χ1) is 11.7. The zero-order chi connectivity index (χ0) is 17.0. The minimum atomic E-state index is -0.217. The Labute approximate surface area is 144 Å². The zero-order valence-electron chi connectivity index (χ0n) is 14.4. The molecule has 1 atom stereocenters. The lowest BCUT2D eigenvalue weighted by Crippen LogP contribution is -2.47. The van der Waals surface area contributed by atoms with Crippen molar-refractivity contribution in [1.82, 2.24) is 4.90 Å². The molecular weight excluding hydrogens is 300 g/mol. The minimum absolute atomic E-state index is 0.0737. The SMILES string of the molecule is C=CC[C@]1(CO)CCCN(C(=O)c2ccc(N3CCCC3)cc2)C1. The highest BCUT2D eigenvalue weighted by molar-refractivity contribution is 5.94. The van der Waals surface area contributed by atoms with Crippen molar-refractivity contribution < 1.29 is 9.90 Å². The summed E-state index contributed by atoms with van der Waals surface area (Å²) < 4.78 is 0. The molecule has 1 aromatic rings. The third kappa shape index (κ3) is 3.48. The quantitative estimate of drug-likeness (QED) is 0.845. The van der Waals surface area contributed by atoms with Crippen molar-refractivity contribution in [3.8, 4) is 0 Å².